The Balaban J connectivity index is 2.66. The van der Waals surface area contributed by atoms with Crippen LogP contribution in [0.1, 0.15) is 47.5 Å². The molecule has 1 saturated heterocycles. The number of amides is 2. The molecule has 0 aromatic carbocycles. The number of nitrogens with zero attached hydrogens (tertiary/aromatic N) is 2. The van der Waals surface area contributed by atoms with Crippen molar-refractivity contribution in [2.75, 3.05) is 20.1 Å². The number of hydrogen-bond donors (Lipinski definition) is 1. The van der Waals surface area contributed by atoms with Gasteiger partial charge in [-0.25, -0.2) is 4.79 Å². The maximum absolute atomic E-state index is 12.4. The lowest BCUT2D eigenvalue weighted by Crippen LogP contribution is -2.55. The molecule has 0 aliphatic carbocycles. The molecule has 6 nitrogen and oxygen atoms in total. The van der Waals surface area contributed by atoms with Gasteiger partial charge in [0.05, 0.1) is 12.1 Å². The lowest BCUT2D eigenvalue weighted by Gasteiger charge is -2.39. The number of carbonyl (C=O) groups is 2. The molecular formula is C16H31N3O3. The monoisotopic (exact) mass is 313 g/mol. The fraction of sp³-hybridized carbons (Fsp3) is 0.875. The number of hydrogen-bond acceptors (Lipinski definition) is 4. The number of rotatable bonds is 3. The molecule has 1 aliphatic rings. The molecule has 128 valence electrons. The van der Waals surface area contributed by atoms with Crippen molar-refractivity contribution in [2.45, 2.75) is 65.1 Å². The molecule has 1 fully saturated rings. The van der Waals surface area contributed by atoms with Crippen LogP contribution in [0, 0.1) is 5.92 Å². The first-order valence-corrected chi connectivity index (χ1v) is 8.03. The fourth-order valence-electron chi connectivity index (χ4n) is 2.45. The van der Waals surface area contributed by atoms with Crippen LogP contribution in [0.2, 0.25) is 0 Å². The third kappa shape index (κ3) is 5.16. The Morgan fingerprint density at radius 3 is 2.41 bits per heavy atom. The Morgan fingerprint density at radius 1 is 1.32 bits per heavy atom. The third-order valence-electron chi connectivity index (χ3n) is 3.94. The van der Waals surface area contributed by atoms with Gasteiger partial charge in [0.2, 0.25) is 5.91 Å². The lowest BCUT2D eigenvalue weighted by atomic mass is 10.00. The lowest BCUT2D eigenvalue weighted by molar-refractivity contribution is -0.135. The van der Waals surface area contributed by atoms with Crippen molar-refractivity contribution in [2.24, 2.45) is 11.7 Å². The van der Waals surface area contributed by atoms with E-state index in [-0.39, 0.29) is 24.0 Å². The van der Waals surface area contributed by atoms with Gasteiger partial charge in [0.25, 0.3) is 0 Å². The summed E-state index contributed by atoms with van der Waals surface area (Å²) in [7, 11) is 1.73. The number of piperidine rings is 1. The van der Waals surface area contributed by atoms with Crippen molar-refractivity contribution in [1.29, 1.82) is 0 Å². The largest absolute Gasteiger partial charge is 0.444 e. The summed E-state index contributed by atoms with van der Waals surface area (Å²) in [6.45, 7) is 10.6. The third-order valence-corrected chi connectivity index (χ3v) is 3.94. The van der Waals surface area contributed by atoms with Gasteiger partial charge in [0, 0.05) is 20.1 Å². The van der Waals surface area contributed by atoms with E-state index in [9.17, 15) is 9.59 Å². The first-order valence-electron chi connectivity index (χ1n) is 8.03. The highest BCUT2D eigenvalue weighted by molar-refractivity contribution is 5.82. The highest BCUT2D eigenvalue weighted by Gasteiger charge is 2.32. The topological polar surface area (TPSA) is 75.9 Å². The molecule has 0 aromatic heterocycles. The van der Waals surface area contributed by atoms with Crippen LogP contribution in [0.15, 0.2) is 0 Å². The van der Waals surface area contributed by atoms with Crippen LogP contribution in [0.5, 0.6) is 0 Å². The number of likely N-dealkylation sites (tertiary alicyclic amines) is 1. The van der Waals surface area contributed by atoms with E-state index in [1.807, 2.05) is 34.6 Å². The van der Waals surface area contributed by atoms with E-state index >= 15 is 0 Å². The van der Waals surface area contributed by atoms with E-state index < -0.39 is 11.6 Å². The molecule has 0 unspecified atom stereocenters. The van der Waals surface area contributed by atoms with Gasteiger partial charge in [-0.15, -0.1) is 0 Å². The quantitative estimate of drug-likeness (QED) is 0.862. The van der Waals surface area contributed by atoms with E-state index in [4.69, 9.17) is 10.5 Å². The van der Waals surface area contributed by atoms with Crippen LogP contribution in [-0.2, 0) is 9.53 Å². The predicted molar refractivity (Wildman–Crippen MR) is 86.4 cm³/mol. The molecule has 6 heteroatoms. The minimum Gasteiger partial charge on any atom is -0.444 e. The highest BCUT2D eigenvalue weighted by atomic mass is 16.6. The molecule has 22 heavy (non-hydrogen) atoms. The second-order valence-electron chi connectivity index (χ2n) is 7.44. The molecule has 2 amide bonds. The summed E-state index contributed by atoms with van der Waals surface area (Å²) in [5.74, 6) is 0.0775. The zero-order valence-electron chi connectivity index (χ0n) is 14.8. The van der Waals surface area contributed by atoms with Gasteiger partial charge in [-0.2, -0.15) is 0 Å². The Morgan fingerprint density at radius 2 is 1.91 bits per heavy atom. The number of likely N-dealkylation sites (N-methyl/N-ethyl adjacent to an activating group) is 1. The number of nitrogens with two attached hydrogens (primary N) is 1. The predicted octanol–water partition coefficient (Wildman–Crippen LogP) is 1.83. The fourth-order valence-corrected chi connectivity index (χ4v) is 2.45. The van der Waals surface area contributed by atoms with E-state index in [1.54, 1.807) is 16.8 Å². The molecule has 1 aliphatic heterocycles. The summed E-state index contributed by atoms with van der Waals surface area (Å²) >= 11 is 0. The van der Waals surface area contributed by atoms with Gasteiger partial charge in [-0.05, 0) is 39.5 Å². The summed E-state index contributed by atoms with van der Waals surface area (Å²) in [5, 5.41) is 0. The normalized spacial score (nSPS) is 20.7. The van der Waals surface area contributed by atoms with Gasteiger partial charge < -0.3 is 20.3 Å². The van der Waals surface area contributed by atoms with E-state index in [0.717, 1.165) is 12.8 Å². The zero-order chi connectivity index (χ0) is 17.1. The van der Waals surface area contributed by atoms with Crippen molar-refractivity contribution in [3.8, 4) is 0 Å². The molecule has 2 N–H and O–H groups in total. The van der Waals surface area contributed by atoms with Crippen molar-refractivity contribution in [1.82, 2.24) is 9.80 Å². The molecule has 1 rings (SSSR count). The standard InChI is InChI=1S/C16H31N3O3/c1-11(2)13(17)14(20)19-9-7-8-12(10-19)18(6)15(21)22-16(3,4)5/h11-13H,7-10,17H2,1-6H3/t12-,13-/m0/s1. The molecule has 0 bridgehead atoms. The highest BCUT2D eigenvalue weighted by Crippen LogP contribution is 2.19. The molecule has 0 radical (unpaired) electrons. The van der Waals surface area contributed by atoms with Crippen LogP contribution in [0.25, 0.3) is 0 Å². The van der Waals surface area contributed by atoms with Gasteiger partial charge in [0.1, 0.15) is 5.60 Å². The Bertz CT molecular complexity index is 404. The maximum Gasteiger partial charge on any atom is 0.410 e. The molecule has 0 saturated carbocycles. The smallest absolute Gasteiger partial charge is 0.410 e. The molecule has 1 heterocycles. The van der Waals surface area contributed by atoms with Crippen molar-refractivity contribution < 1.29 is 14.3 Å². The minimum atomic E-state index is -0.518. The van der Waals surface area contributed by atoms with Crippen molar-refractivity contribution in [3.05, 3.63) is 0 Å². The minimum absolute atomic E-state index is 0.0214. The van der Waals surface area contributed by atoms with E-state index in [0.29, 0.717) is 13.1 Å². The first kappa shape index (κ1) is 18.7. The van der Waals surface area contributed by atoms with Crippen LogP contribution in [0.4, 0.5) is 4.79 Å². The second kappa shape index (κ2) is 7.31. The van der Waals surface area contributed by atoms with Crippen molar-refractivity contribution >= 4 is 12.0 Å². The Labute approximate surface area is 134 Å². The Hall–Kier alpha value is -1.30. The van der Waals surface area contributed by atoms with Crippen molar-refractivity contribution in [3.63, 3.8) is 0 Å². The summed E-state index contributed by atoms with van der Waals surface area (Å²) in [6, 6.07) is -0.502. The van der Waals surface area contributed by atoms with Gasteiger partial charge >= 0.3 is 6.09 Å². The van der Waals surface area contributed by atoms with Gasteiger partial charge in [-0.1, -0.05) is 13.8 Å². The van der Waals surface area contributed by atoms with E-state index in [2.05, 4.69) is 0 Å². The molecule has 0 aromatic rings. The van der Waals surface area contributed by atoms with E-state index in [1.165, 1.54) is 0 Å². The number of ether oxygens (including phenoxy) is 1. The first-order chi connectivity index (χ1) is 10.0. The Kier molecular flexibility index (Phi) is 6.23. The van der Waals surface area contributed by atoms with Crippen LogP contribution in [0.3, 0.4) is 0 Å². The molecular weight excluding hydrogens is 282 g/mol. The van der Waals surface area contributed by atoms with Gasteiger partial charge in [0.15, 0.2) is 0 Å². The summed E-state index contributed by atoms with van der Waals surface area (Å²) in [5.41, 5.74) is 5.44. The average molecular weight is 313 g/mol. The van der Waals surface area contributed by atoms with Gasteiger partial charge in [-0.3, -0.25) is 4.79 Å². The molecule has 2 atom stereocenters. The number of carbonyl (C=O) groups excluding carboxylic acids is 2. The average Bonchev–Trinajstić information content (AvgIpc) is 2.43. The molecule has 0 spiro atoms. The van der Waals surface area contributed by atoms with Crippen LogP contribution in [-0.4, -0.2) is 59.6 Å². The zero-order valence-corrected chi connectivity index (χ0v) is 14.8. The SMILES string of the molecule is CC(C)[C@H](N)C(=O)N1CCC[C@H](N(C)C(=O)OC(C)(C)C)C1. The summed E-state index contributed by atoms with van der Waals surface area (Å²) in [6.07, 6.45) is 1.39. The second-order valence-corrected chi connectivity index (χ2v) is 7.44. The summed E-state index contributed by atoms with van der Waals surface area (Å²) in [4.78, 5) is 27.9. The maximum atomic E-state index is 12.4. The van der Waals surface area contributed by atoms with Crippen LogP contribution >= 0.6 is 0 Å². The summed E-state index contributed by atoms with van der Waals surface area (Å²) < 4.78 is 5.39. The van der Waals surface area contributed by atoms with Crippen LogP contribution < -0.4 is 5.73 Å².